The van der Waals surface area contributed by atoms with E-state index in [0.717, 1.165) is 40.3 Å². The van der Waals surface area contributed by atoms with E-state index in [-0.39, 0.29) is 29.6 Å². The summed E-state index contributed by atoms with van der Waals surface area (Å²) in [6.07, 6.45) is 5.04. The van der Waals surface area contributed by atoms with Crippen molar-refractivity contribution in [3.63, 3.8) is 0 Å². The maximum atomic E-state index is 13.7. The smallest absolute Gasteiger partial charge is 0.455 e. The van der Waals surface area contributed by atoms with E-state index in [4.69, 9.17) is 4.65 Å². The summed E-state index contributed by atoms with van der Waals surface area (Å²) in [4.78, 5) is 28.5. The van der Waals surface area contributed by atoms with Gasteiger partial charge in [0.25, 0.3) is 0 Å². The van der Waals surface area contributed by atoms with Crippen LogP contribution in [0.15, 0.2) is 83.4 Å². The highest BCUT2D eigenvalue weighted by atomic mass is 16.5. The minimum absolute atomic E-state index is 0.144. The average molecular weight is 535 g/mol. The lowest BCUT2D eigenvalue weighted by molar-refractivity contribution is -0.122. The zero-order valence-corrected chi connectivity index (χ0v) is 22.9. The van der Waals surface area contributed by atoms with Crippen molar-refractivity contribution in [2.45, 2.75) is 52.0 Å². The van der Waals surface area contributed by atoms with Crippen LogP contribution in [0.25, 0.3) is 16.8 Å². The van der Waals surface area contributed by atoms with E-state index in [0.29, 0.717) is 24.8 Å². The van der Waals surface area contributed by atoms with E-state index in [1.807, 2.05) is 48.5 Å². The van der Waals surface area contributed by atoms with Gasteiger partial charge in [-0.05, 0) is 79.6 Å². The number of phenols is 1. The van der Waals surface area contributed by atoms with Gasteiger partial charge in [-0.1, -0.05) is 72.7 Å². The van der Waals surface area contributed by atoms with Gasteiger partial charge in [0.05, 0.1) is 23.6 Å². The fourth-order valence-corrected chi connectivity index (χ4v) is 7.07. The van der Waals surface area contributed by atoms with E-state index in [9.17, 15) is 19.7 Å². The molecule has 0 bridgehead atoms. The van der Waals surface area contributed by atoms with Gasteiger partial charge in [-0.25, -0.2) is 0 Å². The monoisotopic (exact) mass is 535 g/mol. The van der Waals surface area contributed by atoms with Gasteiger partial charge in [0.1, 0.15) is 5.75 Å². The molecule has 0 aromatic heterocycles. The van der Waals surface area contributed by atoms with Crippen LogP contribution in [0.4, 0.5) is 5.69 Å². The molecule has 0 radical (unpaired) electrons. The Bertz CT molecular complexity index is 1530. The maximum Gasteiger partial charge on any atom is 0.455 e. The fourth-order valence-electron chi connectivity index (χ4n) is 7.07. The van der Waals surface area contributed by atoms with Crippen molar-refractivity contribution in [1.82, 2.24) is 0 Å². The van der Waals surface area contributed by atoms with Crippen LogP contribution in [0.1, 0.15) is 45.1 Å². The molecule has 2 heterocycles. The molecule has 3 aromatic carbocycles. The molecule has 1 aliphatic carbocycles. The fraction of sp³-hybridized carbons (Fsp3) is 0.333. The van der Waals surface area contributed by atoms with Crippen LogP contribution in [0.2, 0.25) is 6.32 Å². The number of hydrogen-bond acceptors (Lipinski definition) is 5. The number of anilines is 1. The largest absolute Gasteiger partial charge is 0.507 e. The van der Waals surface area contributed by atoms with E-state index < -0.39 is 19.0 Å². The molecule has 0 saturated carbocycles. The molecule has 4 atom stereocenters. The summed E-state index contributed by atoms with van der Waals surface area (Å²) in [7, 11) is -0.978. The van der Waals surface area contributed by atoms with Crippen LogP contribution >= 0.6 is 0 Å². The molecular weight excluding hydrogens is 501 g/mol. The molecular formula is C33H34BNO5. The van der Waals surface area contributed by atoms with Gasteiger partial charge in [0.15, 0.2) is 0 Å². The summed E-state index contributed by atoms with van der Waals surface area (Å²) in [5.41, 5.74) is 5.10. The van der Waals surface area contributed by atoms with Gasteiger partial charge in [-0.2, -0.15) is 0 Å². The summed E-state index contributed by atoms with van der Waals surface area (Å²) in [6, 6.07) is 20.6. The van der Waals surface area contributed by atoms with Crippen molar-refractivity contribution in [3.05, 3.63) is 89.0 Å². The lowest BCUT2D eigenvalue weighted by Crippen LogP contribution is -2.46. The molecule has 7 heteroatoms. The topological polar surface area (TPSA) is 87.1 Å². The number of phenolic OH excluding ortho intramolecular Hbond substituents is 1. The van der Waals surface area contributed by atoms with E-state index in [2.05, 4.69) is 19.9 Å². The van der Waals surface area contributed by atoms with Gasteiger partial charge < -0.3 is 14.8 Å². The first-order valence-electron chi connectivity index (χ1n) is 14.2. The number of para-hydroxylation sites is 1. The van der Waals surface area contributed by atoms with Crippen LogP contribution < -0.4 is 4.90 Å². The number of imide groups is 1. The second-order valence-corrected chi connectivity index (χ2v) is 11.3. The quantitative estimate of drug-likeness (QED) is 0.225. The van der Waals surface area contributed by atoms with Gasteiger partial charge in [-0.15, -0.1) is 0 Å². The Kier molecular flexibility index (Phi) is 7.11. The number of carbonyl (C=O) groups is 2. The highest BCUT2D eigenvalue weighted by molar-refractivity contribution is 6.43. The van der Waals surface area contributed by atoms with Gasteiger partial charge in [0, 0.05) is 5.39 Å². The van der Waals surface area contributed by atoms with Crippen molar-refractivity contribution in [1.29, 1.82) is 0 Å². The average Bonchev–Trinajstić information content (AvgIpc) is 3.21. The predicted octanol–water partition coefficient (Wildman–Crippen LogP) is 6.14. The van der Waals surface area contributed by atoms with Crippen molar-refractivity contribution >= 4 is 41.5 Å². The normalized spacial score (nSPS) is 25.0. The molecule has 204 valence electrons. The minimum atomic E-state index is -0.978. The van der Waals surface area contributed by atoms with E-state index in [1.54, 1.807) is 18.2 Å². The molecule has 2 amide bonds. The Morgan fingerprint density at radius 1 is 1.00 bits per heavy atom. The summed E-state index contributed by atoms with van der Waals surface area (Å²) < 4.78 is 6.11. The number of hydrogen-bond donors (Lipinski definition) is 2. The Morgan fingerprint density at radius 2 is 1.73 bits per heavy atom. The molecule has 0 unspecified atom stereocenters. The molecule has 2 fully saturated rings. The van der Waals surface area contributed by atoms with E-state index in [1.165, 1.54) is 10.5 Å². The number of allylic oxidation sites excluding steroid dienone is 2. The van der Waals surface area contributed by atoms with Crippen LogP contribution in [0.5, 0.6) is 5.75 Å². The number of aromatic hydroxyl groups is 1. The van der Waals surface area contributed by atoms with Crippen LogP contribution in [0, 0.1) is 17.8 Å². The lowest BCUT2D eigenvalue weighted by atomic mass is 9.59. The van der Waals surface area contributed by atoms with Crippen molar-refractivity contribution < 1.29 is 24.4 Å². The molecule has 3 aliphatic rings. The van der Waals surface area contributed by atoms with Crippen LogP contribution in [-0.2, 0) is 14.2 Å². The molecule has 3 aromatic rings. The minimum Gasteiger partial charge on any atom is -0.507 e. The summed E-state index contributed by atoms with van der Waals surface area (Å²) in [6.45, 7) is 4.18. The van der Waals surface area contributed by atoms with Gasteiger partial charge >= 0.3 is 7.12 Å². The van der Waals surface area contributed by atoms with Gasteiger partial charge in [-0.3, -0.25) is 14.5 Å². The molecule has 6 nitrogen and oxygen atoms in total. The Labute approximate surface area is 235 Å². The Hall–Kier alpha value is -3.68. The van der Waals surface area contributed by atoms with Crippen molar-refractivity contribution in [2.24, 2.45) is 17.8 Å². The third kappa shape index (κ3) is 4.57. The molecule has 6 rings (SSSR count). The zero-order chi connectivity index (χ0) is 28.0. The highest BCUT2D eigenvalue weighted by Crippen LogP contribution is 2.51. The SMILES string of the molecule is CC/C(=C\c1ccc(O)c2ccccc12)CC[C@H]1OB(O)C[C@H]2C1=C(C)C[C@H]1C(=O)N(c3ccccc3)C(=O)[C@H]12. The van der Waals surface area contributed by atoms with Gasteiger partial charge in [0.2, 0.25) is 11.8 Å². The number of amides is 2. The lowest BCUT2D eigenvalue weighted by Gasteiger charge is -2.42. The number of fused-ring (bicyclic) bond motifs is 4. The first kappa shape index (κ1) is 26.5. The highest BCUT2D eigenvalue weighted by Gasteiger charge is 2.57. The third-order valence-corrected chi connectivity index (χ3v) is 8.94. The zero-order valence-electron chi connectivity index (χ0n) is 22.9. The number of carbonyl (C=O) groups excluding carboxylic acids is 2. The molecule has 2 N–H and O–H groups in total. The predicted molar refractivity (Wildman–Crippen MR) is 157 cm³/mol. The maximum absolute atomic E-state index is 13.7. The second-order valence-electron chi connectivity index (χ2n) is 11.3. The molecule has 2 saturated heterocycles. The Balaban J connectivity index is 1.26. The summed E-state index contributed by atoms with van der Waals surface area (Å²) in [5.74, 6) is -1.14. The first-order chi connectivity index (χ1) is 19.4. The van der Waals surface area contributed by atoms with Crippen LogP contribution in [-0.4, -0.2) is 35.2 Å². The molecule has 2 aliphatic heterocycles. The Morgan fingerprint density at radius 3 is 2.48 bits per heavy atom. The molecule has 40 heavy (non-hydrogen) atoms. The summed E-state index contributed by atoms with van der Waals surface area (Å²) >= 11 is 0. The van der Waals surface area contributed by atoms with Crippen molar-refractivity contribution in [3.8, 4) is 5.75 Å². The standard InChI is InChI=1S/C33H34BNO5/c1-3-21(18-22-14-15-28(36)25-12-8-7-11-24(22)25)13-16-29-30-20(2)17-26-31(27(30)19-34(39)40-29)33(38)35(32(26)37)23-9-5-4-6-10-23/h4-12,14-15,18,26-27,29,31,36,39H,3,13,16-17,19H2,1-2H3/b21-18+/t26-,27+,29-,31-/m1/s1. The summed E-state index contributed by atoms with van der Waals surface area (Å²) in [5, 5.41) is 22.9. The number of rotatable bonds is 6. The third-order valence-electron chi connectivity index (χ3n) is 8.94. The van der Waals surface area contributed by atoms with Crippen LogP contribution in [0.3, 0.4) is 0 Å². The van der Waals surface area contributed by atoms with E-state index >= 15 is 0 Å². The van der Waals surface area contributed by atoms with Crippen molar-refractivity contribution in [2.75, 3.05) is 4.90 Å². The molecule has 0 spiro atoms. The number of nitrogens with zero attached hydrogens (tertiary/aromatic N) is 1. The second kappa shape index (κ2) is 10.7. The first-order valence-corrected chi connectivity index (χ1v) is 14.2. The number of benzene rings is 3.